The molecule has 19 heavy (non-hydrogen) atoms. The topological polar surface area (TPSA) is 12.0 Å². The minimum atomic E-state index is -0.245. The first-order valence-electron chi connectivity index (χ1n) is 6.23. The molecule has 0 aromatic heterocycles. The van der Waals surface area contributed by atoms with E-state index in [1.807, 2.05) is 39.1 Å². The van der Waals surface area contributed by atoms with E-state index in [9.17, 15) is 4.39 Å². The summed E-state index contributed by atoms with van der Waals surface area (Å²) in [5.74, 6) is -0.245. The Morgan fingerprint density at radius 3 is 2.42 bits per heavy atom. The first-order chi connectivity index (χ1) is 9.02. The van der Waals surface area contributed by atoms with Crippen molar-refractivity contribution in [2.45, 2.75) is 20.4 Å². The lowest BCUT2D eigenvalue weighted by molar-refractivity contribution is 0.630. The Hall–Kier alpha value is -1.38. The highest BCUT2D eigenvalue weighted by molar-refractivity contribution is 6.33. The third kappa shape index (κ3) is 2.96. The Morgan fingerprint density at radius 1 is 1.05 bits per heavy atom. The van der Waals surface area contributed by atoms with Crippen molar-refractivity contribution in [3.63, 3.8) is 0 Å². The van der Waals surface area contributed by atoms with Gasteiger partial charge in [-0.1, -0.05) is 17.7 Å². The normalized spacial score (nSPS) is 10.8. The van der Waals surface area contributed by atoms with E-state index in [1.165, 1.54) is 6.07 Å². The number of halogens is 2. The Kier molecular flexibility index (Phi) is 4.23. The van der Waals surface area contributed by atoms with Gasteiger partial charge in [0.2, 0.25) is 0 Å². The zero-order valence-corrected chi connectivity index (χ0v) is 12.1. The first-order valence-corrected chi connectivity index (χ1v) is 6.61. The van der Waals surface area contributed by atoms with Crippen molar-refractivity contribution < 1.29 is 4.39 Å². The lowest BCUT2D eigenvalue weighted by Crippen LogP contribution is -2.05. The van der Waals surface area contributed by atoms with Crippen LogP contribution >= 0.6 is 11.6 Å². The molecule has 0 saturated heterocycles. The largest absolute Gasteiger partial charge is 0.316 e. The Morgan fingerprint density at radius 2 is 1.74 bits per heavy atom. The summed E-state index contributed by atoms with van der Waals surface area (Å²) < 4.78 is 14.0. The predicted molar refractivity (Wildman–Crippen MR) is 79.1 cm³/mol. The summed E-state index contributed by atoms with van der Waals surface area (Å²) in [6, 6.07) is 8.95. The van der Waals surface area contributed by atoms with E-state index in [-0.39, 0.29) is 5.82 Å². The fourth-order valence-electron chi connectivity index (χ4n) is 2.08. The SMILES string of the molecule is CNCc1ccc(F)c(-c2cc(C)c(C)cc2Cl)c1. The minimum Gasteiger partial charge on any atom is -0.316 e. The molecule has 0 atom stereocenters. The fraction of sp³-hybridized carbons (Fsp3) is 0.250. The van der Waals surface area contributed by atoms with Crippen LogP contribution in [0.4, 0.5) is 4.39 Å². The van der Waals surface area contributed by atoms with Gasteiger partial charge in [-0.2, -0.15) is 0 Å². The summed E-state index contributed by atoms with van der Waals surface area (Å²) in [5.41, 5.74) is 4.56. The van der Waals surface area contributed by atoms with Gasteiger partial charge in [0.15, 0.2) is 0 Å². The maximum Gasteiger partial charge on any atom is 0.131 e. The number of hydrogen-bond acceptors (Lipinski definition) is 1. The molecule has 1 nitrogen and oxygen atoms in total. The van der Waals surface area contributed by atoms with Gasteiger partial charge in [0.25, 0.3) is 0 Å². The maximum atomic E-state index is 14.0. The van der Waals surface area contributed by atoms with Crippen LogP contribution in [0.3, 0.4) is 0 Å². The molecule has 0 saturated carbocycles. The van der Waals surface area contributed by atoms with Gasteiger partial charge in [0, 0.05) is 22.7 Å². The average Bonchev–Trinajstić information content (AvgIpc) is 2.37. The second kappa shape index (κ2) is 5.72. The van der Waals surface area contributed by atoms with Crippen LogP contribution in [0.25, 0.3) is 11.1 Å². The Labute approximate surface area is 118 Å². The molecule has 0 aliphatic carbocycles. The van der Waals surface area contributed by atoms with E-state index in [2.05, 4.69) is 5.32 Å². The van der Waals surface area contributed by atoms with E-state index >= 15 is 0 Å². The van der Waals surface area contributed by atoms with Crippen LogP contribution in [0.1, 0.15) is 16.7 Å². The number of hydrogen-bond donors (Lipinski definition) is 1. The number of aryl methyl sites for hydroxylation is 2. The van der Waals surface area contributed by atoms with Gasteiger partial charge in [-0.15, -0.1) is 0 Å². The number of nitrogens with one attached hydrogen (secondary N) is 1. The van der Waals surface area contributed by atoms with Gasteiger partial charge in [-0.3, -0.25) is 0 Å². The zero-order chi connectivity index (χ0) is 14.0. The molecule has 0 heterocycles. The number of benzene rings is 2. The molecule has 3 heteroatoms. The van der Waals surface area contributed by atoms with Crippen LogP contribution in [-0.2, 0) is 6.54 Å². The highest BCUT2D eigenvalue weighted by Crippen LogP contribution is 2.32. The molecule has 0 radical (unpaired) electrons. The van der Waals surface area contributed by atoms with Crippen molar-refractivity contribution >= 4 is 11.6 Å². The van der Waals surface area contributed by atoms with Gasteiger partial charge < -0.3 is 5.32 Å². The van der Waals surface area contributed by atoms with Crippen molar-refractivity contribution in [3.8, 4) is 11.1 Å². The Bertz CT molecular complexity index is 608. The van der Waals surface area contributed by atoms with Crippen molar-refractivity contribution in [2.24, 2.45) is 0 Å². The highest BCUT2D eigenvalue weighted by Gasteiger charge is 2.11. The zero-order valence-electron chi connectivity index (χ0n) is 11.3. The van der Waals surface area contributed by atoms with Gasteiger partial charge in [0.05, 0.1) is 0 Å². The lowest BCUT2D eigenvalue weighted by atomic mass is 9.98. The molecule has 0 fully saturated rings. The molecule has 1 N–H and O–H groups in total. The second-order valence-corrected chi connectivity index (χ2v) is 5.17. The van der Waals surface area contributed by atoms with Crippen LogP contribution in [0, 0.1) is 19.7 Å². The lowest BCUT2D eigenvalue weighted by Gasteiger charge is -2.11. The standard InChI is InChI=1S/C16H17ClFN/c1-10-6-13(15(17)7-11(10)2)14-8-12(9-19-3)4-5-16(14)18/h4-8,19H,9H2,1-3H3. The van der Waals surface area contributed by atoms with E-state index in [4.69, 9.17) is 11.6 Å². The highest BCUT2D eigenvalue weighted by atomic mass is 35.5. The van der Waals surface area contributed by atoms with Crippen molar-refractivity contribution in [2.75, 3.05) is 7.05 Å². The predicted octanol–water partition coefficient (Wildman–Crippen LogP) is 4.48. The summed E-state index contributed by atoms with van der Waals surface area (Å²) >= 11 is 6.26. The average molecular weight is 278 g/mol. The third-order valence-electron chi connectivity index (χ3n) is 3.29. The van der Waals surface area contributed by atoms with Crippen LogP contribution in [0.15, 0.2) is 30.3 Å². The third-order valence-corrected chi connectivity index (χ3v) is 3.60. The van der Waals surface area contributed by atoms with Crippen LogP contribution < -0.4 is 5.32 Å². The molecule has 100 valence electrons. The van der Waals surface area contributed by atoms with Gasteiger partial charge in [0.1, 0.15) is 5.82 Å². The van der Waals surface area contributed by atoms with Crippen LogP contribution in [0.5, 0.6) is 0 Å². The summed E-state index contributed by atoms with van der Waals surface area (Å²) in [6.45, 7) is 4.71. The molecule has 2 aromatic rings. The molecular weight excluding hydrogens is 261 g/mol. The summed E-state index contributed by atoms with van der Waals surface area (Å²) in [6.07, 6.45) is 0. The van der Waals surface area contributed by atoms with Gasteiger partial charge in [-0.05, 0) is 61.9 Å². The van der Waals surface area contributed by atoms with Crippen molar-refractivity contribution in [3.05, 3.63) is 57.9 Å². The maximum absolute atomic E-state index is 14.0. The molecular formula is C16H17ClFN. The smallest absolute Gasteiger partial charge is 0.131 e. The minimum absolute atomic E-state index is 0.245. The van der Waals surface area contributed by atoms with Gasteiger partial charge >= 0.3 is 0 Å². The monoisotopic (exact) mass is 277 g/mol. The van der Waals surface area contributed by atoms with Gasteiger partial charge in [-0.25, -0.2) is 4.39 Å². The van der Waals surface area contributed by atoms with E-state index in [0.717, 1.165) is 22.3 Å². The quantitative estimate of drug-likeness (QED) is 0.872. The summed E-state index contributed by atoms with van der Waals surface area (Å²) in [4.78, 5) is 0. The number of rotatable bonds is 3. The fourth-order valence-corrected chi connectivity index (χ4v) is 2.40. The van der Waals surface area contributed by atoms with E-state index < -0.39 is 0 Å². The molecule has 2 rings (SSSR count). The molecule has 0 unspecified atom stereocenters. The molecule has 2 aromatic carbocycles. The molecule has 0 spiro atoms. The summed E-state index contributed by atoms with van der Waals surface area (Å²) in [5, 5.41) is 3.65. The Balaban J connectivity index is 2.57. The molecule has 0 aliphatic heterocycles. The molecule has 0 aliphatic rings. The van der Waals surface area contributed by atoms with E-state index in [0.29, 0.717) is 17.1 Å². The van der Waals surface area contributed by atoms with Crippen molar-refractivity contribution in [1.82, 2.24) is 5.32 Å². The summed E-state index contributed by atoms with van der Waals surface area (Å²) in [7, 11) is 1.87. The second-order valence-electron chi connectivity index (χ2n) is 4.76. The first kappa shape index (κ1) is 14.0. The van der Waals surface area contributed by atoms with Crippen molar-refractivity contribution in [1.29, 1.82) is 0 Å². The molecule has 0 bridgehead atoms. The van der Waals surface area contributed by atoms with Crippen LogP contribution in [0.2, 0.25) is 5.02 Å². The van der Waals surface area contributed by atoms with Crippen LogP contribution in [-0.4, -0.2) is 7.05 Å². The van der Waals surface area contributed by atoms with E-state index in [1.54, 1.807) is 6.07 Å². The molecule has 0 amide bonds.